The van der Waals surface area contributed by atoms with E-state index in [0.717, 1.165) is 15.6 Å². The van der Waals surface area contributed by atoms with Crippen LogP contribution in [0.1, 0.15) is 0 Å². The van der Waals surface area contributed by atoms with E-state index in [2.05, 4.69) is 15.9 Å². The third kappa shape index (κ3) is 2.33. The monoisotopic (exact) mass is 282 g/mol. The van der Waals surface area contributed by atoms with Gasteiger partial charge in [0.15, 0.2) is 0 Å². The molecule has 1 N–H and O–H groups in total. The lowest BCUT2D eigenvalue weighted by atomic mass is 10.1. The molecule has 0 aliphatic rings. The fourth-order valence-corrected chi connectivity index (χ4v) is 1.97. The van der Waals surface area contributed by atoms with E-state index >= 15 is 0 Å². The summed E-state index contributed by atoms with van der Waals surface area (Å²) in [5, 5.41) is 10.3. The highest BCUT2D eigenvalue weighted by atomic mass is 79.9. The molecular formula is C12H8BrClO. The van der Waals surface area contributed by atoms with Crippen LogP contribution < -0.4 is 0 Å². The molecule has 0 atom stereocenters. The number of aromatic hydroxyl groups is 1. The smallest absolute Gasteiger partial charge is 0.123 e. The van der Waals surface area contributed by atoms with Crippen molar-refractivity contribution in [2.24, 2.45) is 0 Å². The van der Waals surface area contributed by atoms with Gasteiger partial charge >= 0.3 is 0 Å². The SMILES string of the molecule is Oc1ccc(Cl)cc1-c1cccc(Br)c1. The van der Waals surface area contributed by atoms with Gasteiger partial charge in [-0.05, 0) is 35.9 Å². The number of halogens is 2. The van der Waals surface area contributed by atoms with Crippen molar-refractivity contribution in [2.75, 3.05) is 0 Å². The Hall–Kier alpha value is -0.990. The van der Waals surface area contributed by atoms with Crippen LogP contribution in [0.5, 0.6) is 5.75 Å². The summed E-state index contributed by atoms with van der Waals surface area (Å²) in [6.45, 7) is 0. The lowest BCUT2D eigenvalue weighted by Gasteiger charge is -2.05. The number of rotatable bonds is 1. The Balaban J connectivity index is 2.58. The summed E-state index contributed by atoms with van der Waals surface area (Å²) in [5.74, 6) is 0.234. The van der Waals surface area contributed by atoms with Crippen molar-refractivity contribution in [3.05, 3.63) is 52.0 Å². The maximum absolute atomic E-state index is 9.71. The first-order chi connectivity index (χ1) is 7.16. The van der Waals surface area contributed by atoms with Crippen LogP contribution in [-0.2, 0) is 0 Å². The predicted molar refractivity (Wildman–Crippen MR) is 66.3 cm³/mol. The number of phenolic OH excluding ortho intramolecular Hbond substituents is 1. The van der Waals surface area contributed by atoms with Gasteiger partial charge in [0.05, 0.1) is 0 Å². The van der Waals surface area contributed by atoms with Crippen LogP contribution in [0.15, 0.2) is 46.9 Å². The summed E-state index contributed by atoms with van der Waals surface area (Å²) < 4.78 is 0.972. The highest BCUT2D eigenvalue weighted by Crippen LogP contribution is 2.32. The number of hydrogen-bond donors (Lipinski definition) is 1. The minimum Gasteiger partial charge on any atom is -0.507 e. The zero-order valence-electron chi connectivity index (χ0n) is 7.74. The Kier molecular flexibility index (Phi) is 2.98. The highest BCUT2D eigenvalue weighted by molar-refractivity contribution is 9.10. The first-order valence-corrected chi connectivity index (χ1v) is 5.58. The molecule has 1 nitrogen and oxygen atoms in total. The fourth-order valence-electron chi connectivity index (χ4n) is 1.40. The first kappa shape index (κ1) is 10.5. The molecule has 0 aliphatic heterocycles. The molecule has 0 fully saturated rings. The van der Waals surface area contributed by atoms with Gasteiger partial charge in [-0.15, -0.1) is 0 Å². The Morgan fingerprint density at radius 3 is 2.60 bits per heavy atom. The number of phenols is 1. The van der Waals surface area contributed by atoms with Crippen LogP contribution >= 0.6 is 27.5 Å². The first-order valence-electron chi connectivity index (χ1n) is 4.41. The molecule has 76 valence electrons. The molecule has 0 bridgehead atoms. The second kappa shape index (κ2) is 4.25. The molecule has 3 heteroatoms. The largest absolute Gasteiger partial charge is 0.507 e. The quantitative estimate of drug-likeness (QED) is 0.818. The molecule has 2 rings (SSSR count). The number of benzene rings is 2. The van der Waals surface area contributed by atoms with Crippen LogP contribution in [0.25, 0.3) is 11.1 Å². The summed E-state index contributed by atoms with van der Waals surface area (Å²) in [5.41, 5.74) is 1.67. The van der Waals surface area contributed by atoms with Gasteiger partial charge in [-0.1, -0.05) is 39.7 Å². The molecule has 2 aromatic rings. The molecular weight excluding hydrogens is 275 g/mol. The Bertz CT molecular complexity index is 497. The summed E-state index contributed by atoms with van der Waals surface area (Å²) in [7, 11) is 0. The highest BCUT2D eigenvalue weighted by Gasteiger charge is 2.04. The molecule has 15 heavy (non-hydrogen) atoms. The van der Waals surface area contributed by atoms with E-state index in [-0.39, 0.29) is 5.75 Å². The van der Waals surface area contributed by atoms with Crippen LogP contribution in [0, 0.1) is 0 Å². The second-order valence-electron chi connectivity index (χ2n) is 3.17. The predicted octanol–water partition coefficient (Wildman–Crippen LogP) is 4.48. The van der Waals surface area contributed by atoms with E-state index in [4.69, 9.17) is 11.6 Å². The van der Waals surface area contributed by atoms with Crippen molar-refractivity contribution >= 4 is 27.5 Å². The van der Waals surface area contributed by atoms with Crippen LogP contribution in [0.3, 0.4) is 0 Å². The van der Waals surface area contributed by atoms with Crippen LogP contribution in [0.4, 0.5) is 0 Å². The molecule has 0 aliphatic carbocycles. The molecule has 0 unspecified atom stereocenters. The topological polar surface area (TPSA) is 20.2 Å². The lowest BCUT2D eigenvalue weighted by molar-refractivity contribution is 0.477. The third-order valence-electron chi connectivity index (χ3n) is 2.09. The van der Waals surface area contributed by atoms with E-state index in [9.17, 15) is 5.11 Å². The van der Waals surface area contributed by atoms with Crippen molar-refractivity contribution < 1.29 is 5.11 Å². The van der Waals surface area contributed by atoms with Crippen molar-refractivity contribution in [1.29, 1.82) is 0 Å². The van der Waals surface area contributed by atoms with Crippen molar-refractivity contribution in [3.8, 4) is 16.9 Å². The zero-order chi connectivity index (χ0) is 10.8. The van der Waals surface area contributed by atoms with Gasteiger partial charge in [-0.2, -0.15) is 0 Å². The Morgan fingerprint density at radius 2 is 1.87 bits per heavy atom. The van der Waals surface area contributed by atoms with E-state index in [1.54, 1.807) is 18.2 Å². The van der Waals surface area contributed by atoms with Crippen molar-refractivity contribution in [2.45, 2.75) is 0 Å². The normalized spacial score (nSPS) is 10.3. The van der Waals surface area contributed by atoms with Gasteiger partial charge in [0.2, 0.25) is 0 Å². The minimum atomic E-state index is 0.234. The second-order valence-corrected chi connectivity index (χ2v) is 4.52. The third-order valence-corrected chi connectivity index (χ3v) is 2.82. The van der Waals surface area contributed by atoms with Crippen LogP contribution in [0.2, 0.25) is 5.02 Å². The number of hydrogen-bond acceptors (Lipinski definition) is 1. The molecule has 0 heterocycles. The Labute approximate surface area is 101 Å². The summed E-state index contributed by atoms with van der Waals surface area (Å²) in [6, 6.07) is 12.7. The fraction of sp³-hybridized carbons (Fsp3) is 0. The zero-order valence-corrected chi connectivity index (χ0v) is 10.1. The van der Waals surface area contributed by atoms with Crippen molar-refractivity contribution in [3.63, 3.8) is 0 Å². The molecule has 0 saturated carbocycles. The van der Waals surface area contributed by atoms with Gasteiger partial charge in [0.25, 0.3) is 0 Å². The van der Waals surface area contributed by atoms with Gasteiger partial charge < -0.3 is 5.11 Å². The average molecular weight is 284 g/mol. The molecule has 0 spiro atoms. The van der Waals surface area contributed by atoms with E-state index in [1.807, 2.05) is 24.3 Å². The van der Waals surface area contributed by atoms with E-state index in [1.165, 1.54) is 0 Å². The van der Waals surface area contributed by atoms with Gasteiger partial charge in [-0.3, -0.25) is 0 Å². The van der Waals surface area contributed by atoms with Crippen molar-refractivity contribution in [1.82, 2.24) is 0 Å². The minimum absolute atomic E-state index is 0.234. The maximum Gasteiger partial charge on any atom is 0.123 e. The van der Waals surface area contributed by atoms with E-state index in [0.29, 0.717) is 5.02 Å². The summed E-state index contributed by atoms with van der Waals surface area (Å²) >= 11 is 9.27. The van der Waals surface area contributed by atoms with Gasteiger partial charge in [0.1, 0.15) is 5.75 Å². The molecule has 0 amide bonds. The van der Waals surface area contributed by atoms with E-state index < -0.39 is 0 Å². The van der Waals surface area contributed by atoms with Crippen LogP contribution in [-0.4, -0.2) is 5.11 Å². The van der Waals surface area contributed by atoms with Gasteiger partial charge in [0, 0.05) is 15.1 Å². The molecule has 0 saturated heterocycles. The molecule has 0 radical (unpaired) electrons. The molecule has 0 aromatic heterocycles. The lowest BCUT2D eigenvalue weighted by Crippen LogP contribution is -1.79. The standard InChI is InChI=1S/C12H8BrClO/c13-9-3-1-2-8(6-9)11-7-10(14)4-5-12(11)15/h1-7,15H. The van der Waals surface area contributed by atoms with Gasteiger partial charge in [-0.25, -0.2) is 0 Å². The Morgan fingerprint density at radius 1 is 1.07 bits per heavy atom. The maximum atomic E-state index is 9.71. The molecule has 2 aromatic carbocycles. The average Bonchev–Trinajstić information content (AvgIpc) is 2.22. The summed E-state index contributed by atoms with van der Waals surface area (Å²) in [4.78, 5) is 0. The summed E-state index contributed by atoms with van der Waals surface area (Å²) in [6.07, 6.45) is 0.